The van der Waals surface area contributed by atoms with Crippen molar-refractivity contribution in [2.45, 2.75) is 13.2 Å². The molecule has 0 aliphatic heterocycles. The standard InChI is InChI=1S/C22H17BrClN5O2/c23-17-5-6-20(31-13-14-3-1-2-4-19(14)24)15(10-17)9-16(11-25)21-18(12-26)22(27)29(28-21)7-8-30/h1-6,9-10,30H,7-8,13,27H2/b16-9+. The van der Waals surface area contributed by atoms with Crippen LogP contribution in [0.2, 0.25) is 5.02 Å². The van der Waals surface area contributed by atoms with E-state index in [1.54, 1.807) is 24.3 Å². The number of hydrogen-bond donors (Lipinski definition) is 2. The predicted molar refractivity (Wildman–Crippen MR) is 122 cm³/mol. The first-order chi connectivity index (χ1) is 15.0. The zero-order valence-electron chi connectivity index (χ0n) is 16.2. The molecule has 0 saturated heterocycles. The van der Waals surface area contributed by atoms with E-state index in [0.29, 0.717) is 16.3 Å². The van der Waals surface area contributed by atoms with E-state index in [1.807, 2.05) is 30.3 Å². The Kier molecular flexibility index (Phi) is 7.32. The molecule has 3 N–H and O–H groups in total. The summed E-state index contributed by atoms with van der Waals surface area (Å²) in [6.07, 6.45) is 1.58. The zero-order chi connectivity index (χ0) is 22.4. The summed E-state index contributed by atoms with van der Waals surface area (Å²) in [6.45, 7) is 0.154. The minimum absolute atomic E-state index is 0.0785. The van der Waals surface area contributed by atoms with Gasteiger partial charge in [-0.1, -0.05) is 45.7 Å². The number of nitrogens with zero attached hydrogens (tertiary/aromatic N) is 4. The summed E-state index contributed by atoms with van der Waals surface area (Å²) in [7, 11) is 0. The van der Waals surface area contributed by atoms with Crippen molar-refractivity contribution in [3.05, 3.63) is 74.3 Å². The van der Waals surface area contributed by atoms with E-state index in [0.717, 1.165) is 10.0 Å². The highest BCUT2D eigenvalue weighted by molar-refractivity contribution is 9.10. The number of benzene rings is 2. The molecule has 0 fully saturated rings. The average Bonchev–Trinajstić information content (AvgIpc) is 3.07. The van der Waals surface area contributed by atoms with Crippen LogP contribution in [0, 0.1) is 22.7 Å². The summed E-state index contributed by atoms with van der Waals surface area (Å²) in [5, 5.41) is 33.3. The van der Waals surface area contributed by atoms with Crippen LogP contribution in [0.3, 0.4) is 0 Å². The minimum Gasteiger partial charge on any atom is -0.488 e. The van der Waals surface area contributed by atoms with Gasteiger partial charge in [0.05, 0.1) is 18.7 Å². The fraction of sp³-hybridized carbons (Fsp3) is 0.136. The number of nitrogen functional groups attached to an aromatic ring is 1. The second kappa shape index (κ2) is 10.1. The third kappa shape index (κ3) is 5.07. The fourth-order valence-corrected chi connectivity index (χ4v) is 3.45. The van der Waals surface area contributed by atoms with Gasteiger partial charge in [0.1, 0.15) is 41.6 Å². The Morgan fingerprint density at radius 3 is 2.74 bits per heavy atom. The molecule has 0 saturated carbocycles. The van der Waals surface area contributed by atoms with Crippen LogP contribution in [0.15, 0.2) is 46.9 Å². The van der Waals surface area contributed by atoms with Crippen LogP contribution >= 0.6 is 27.5 Å². The number of aromatic nitrogens is 2. The number of aliphatic hydroxyl groups is 1. The molecular weight excluding hydrogens is 482 g/mol. The largest absolute Gasteiger partial charge is 0.488 e. The molecule has 3 rings (SSSR count). The molecule has 2 aromatic carbocycles. The lowest BCUT2D eigenvalue weighted by molar-refractivity contribution is 0.270. The van der Waals surface area contributed by atoms with E-state index >= 15 is 0 Å². The van der Waals surface area contributed by atoms with E-state index in [2.05, 4.69) is 27.1 Å². The Labute approximate surface area is 192 Å². The van der Waals surface area contributed by atoms with Crippen LogP contribution in [0.5, 0.6) is 5.75 Å². The summed E-state index contributed by atoms with van der Waals surface area (Å²) in [5.74, 6) is 0.620. The highest BCUT2D eigenvalue weighted by Crippen LogP contribution is 2.30. The molecule has 0 atom stereocenters. The number of hydrogen-bond acceptors (Lipinski definition) is 6. The lowest BCUT2D eigenvalue weighted by Gasteiger charge is -2.11. The van der Waals surface area contributed by atoms with Gasteiger partial charge in [-0.05, 0) is 30.3 Å². The van der Waals surface area contributed by atoms with E-state index in [9.17, 15) is 15.6 Å². The number of allylic oxidation sites excluding steroid dienone is 1. The number of aliphatic hydroxyl groups excluding tert-OH is 1. The topological polar surface area (TPSA) is 121 Å². The molecule has 0 spiro atoms. The molecule has 0 aliphatic rings. The van der Waals surface area contributed by atoms with Crippen molar-refractivity contribution in [3.8, 4) is 17.9 Å². The van der Waals surface area contributed by atoms with Gasteiger partial charge in [-0.15, -0.1) is 0 Å². The van der Waals surface area contributed by atoms with Crippen LogP contribution in [-0.4, -0.2) is 21.5 Å². The maximum atomic E-state index is 9.76. The first-order valence-corrected chi connectivity index (χ1v) is 10.3. The van der Waals surface area contributed by atoms with Crippen molar-refractivity contribution >= 4 is 45.0 Å². The Balaban J connectivity index is 2.01. The van der Waals surface area contributed by atoms with Gasteiger partial charge in [0.2, 0.25) is 0 Å². The lowest BCUT2D eigenvalue weighted by Crippen LogP contribution is -2.07. The molecule has 7 nitrogen and oxygen atoms in total. The predicted octanol–water partition coefficient (Wildman–Crippen LogP) is 4.39. The van der Waals surface area contributed by atoms with Crippen LogP contribution in [0.25, 0.3) is 11.6 Å². The third-order valence-electron chi connectivity index (χ3n) is 4.40. The quantitative estimate of drug-likeness (QED) is 0.466. The Hall–Kier alpha value is -3.30. The Bertz CT molecular complexity index is 1220. The SMILES string of the molecule is N#C/C(=C\c1cc(Br)ccc1OCc1ccccc1Cl)c1nn(CCO)c(N)c1C#N. The maximum Gasteiger partial charge on any atom is 0.140 e. The molecule has 156 valence electrons. The third-order valence-corrected chi connectivity index (χ3v) is 5.27. The molecule has 1 heterocycles. The van der Waals surface area contributed by atoms with Gasteiger partial charge in [0, 0.05) is 20.6 Å². The summed E-state index contributed by atoms with van der Waals surface area (Å²) < 4.78 is 8.04. The normalized spacial score (nSPS) is 11.1. The lowest BCUT2D eigenvalue weighted by atomic mass is 10.1. The van der Waals surface area contributed by atoms with Gasteiger partial charge in [0.25, 0.3) is 0 Å². The zero-order valence-corrected chi connectivity index (χ0v) is 18.6. The highest BCUT2D eigenvalue weighted by Gasteiger charge is 2.19. The van der Waals surface area contributed by atoms with E-state index in [1.165, 1.54) is 4.68 Å². The molecule has 1 aromatic heterocycles. The fourth-order valence-electron chi connectivity index (χ4n) is 2.88. The van der Waals surface area contributed by atoms with Crippen molar-refractivity contribution in [1.29, 1.82) is 10.5 Å². The van der Waals surface area contributed by atoms with Gasteiger partial charge in [-0.2, -0.15) is 15.6 Å². The molecule has 0 amide bonds. The summed E-state index contributed by atoms with van der Waals surface area (Å²) >= 11 is 9.63. The summed E-state index contributed by atoms with van der Waals surface area (Å²) in [6, 6.07) is 16.8. The molecule has 0 radical (unpaired) electrons. The highest BCUT2D eigenvalue weighted by atomic mass is 79.9. The molecule has 0 bridgehead atoms. The van der Waals surface area contributed by atoms with E-state index < -0.39 is 0 Å². The smallest absolute Gasteiger partial charge is 0.140 e. The van der Waals surface area contributed by atoms with Crippen molar-refractivity contribution in [2.24, 2.45) is 0 Å². The van der Waals surface area contributed by atoms with Gasteiger partial charge in [-0.25, -0.2) is 4.68 Å². The molecule has 9 heteroatoms. The number of halogens is 2. The number of nitriles is 2. The minimum atomic E-state index is -0.201. The van der Waals surface area contributed by atoms with Gasteiger partial charge in [-0.3, -0.25) is 0 Å². The van der Waals surface area contributed by atoms with Crippen LogP contribution in [-0.2, 0) is 13.2 Å². The molecule has 0 aliphatic carbocycles. The van der Waals surface area contributed by atoms with Crippen molar-refractivity contribution < 1.29 is 9.84 Å². The Morgan fingerprint density at radius 1 is 1.29 bits per heavy atom. The molecule has 0 unspecified atom stereocenters. The van der Waals surface area contributed by atoms with Gasteiger partial charge >= 0.3 is 0 Å². The number of nitrogens with two attached hydrogens (primary N) is 1. The molecule has 31 heavy (non-hydrogen) atoms. The molecular formula is C22H17BrClN5O2. The first-order valence-electron chi connectivity index (χ1n) is 9.13. The number of rotatable bonds is 7. The summed E-state index contributed by atoms with van der Waals surface area (Å²) in [5.41, 5.74) is 7.75. The second-order valence-electron chi connectivity index (χ2n) is 6.40. The first kappa shape index (κ1) is 22.4. The molecule has 3 aromatic rings. The van der Waals surface area contributed by atoms with E-state index in [-0.39, 0.29) is 42.4 Å². The Morgan fingerprint density at radius 2 is 2.06 bits per heavy atom. The number of anilines is 1. The van der Waals surface area contributed by atoms with Crippen LogP contribution < -0.4 is 10.5 Å². The second-order valence-corrected chi connectivity index (χ2v) is 7.72. The van der Waals surface area contributed by atoms with Crippen LogP contribution in [0.4, 0.5) is 5.82 Å². The van der Waals surface area contributed by atoms with Crippen molar-refractivity contribution in [2.75, 3.05) is 12.3 Å². The van der Waals surface area contributed by atoms with Crippen molar-refractivity contribution in [3.63, 3.8) is 0 Å². The number of ether oxygens (including phenoxy) is 1. The summed E-state index contributed by atoms with van der Waals surface area (Å²) in [4.78, 5) is 0. The van der Waals surface area contributed by atoms with Gasteiger partial charge < -0.3 is 15.6 Å². The maximum absolute atomic E-state index is 9.76. The van der Waals surface area contributed by atoms with Crippen molar-refractivity contribution in [1.82, 2.24) is 9.78 Å². The van der Waals surface area contributed by atoms with E-state index in [4.69, 9.17) is 22.1 Å². The van der Waals surface area contributed by atoms with Gasteiger partial charge in [0.15, 0.2) is 0 Å². The van der Waals surface area contributed by atoms with Crippen LogP contribution in [0.1, 0.15) is 22.4 Å². The monoisotopic (exact) mass is 497 g/mol. The average molecular weight is 499 g/mol.